The van der Waals surface area contributed by atoms with Gasteiger partial charge < -0.3 is 9.26 Å². The van der Waals surface area contributed by atoms with E-state index in [1.54, 1.807) is 11.3 Å². The molecule has 0 saturated heterocycles. The lowest BCUT2D eigenvalue weighted by molar-refractivity contribution is 0.303. The molecule has 0 aliphatic heterocycles. The zero-order valence-electron chi connectivity index (χ0n) is 13.3. The van der Waals surface area contributed by atoms with E-state index in [0.717, 1.165) is 49.5 Å². The number of thiophene rings is 1. The van der Waals surface area contributed by atoms with Gasteiger partial charge in [-0.2, -0.15) is 0 Å². The van der Waals surface area contributed by atoms with Crippen LogP contribution < -0.4 is 4.74 Å². The van der Waals surface area contributed by atoms with Crippen molar-refractivity contribution in [3.05, 3.63) is 59.3 Å². The Morgan fingerprint density at radius 1 is 1.09 bits per heavy atom. The molecule has 0 saturated carbocycles. The maximum Gasteiger partial charge on any atom is 0.136 e. The van der Waals surface area contributed by atoms with E-state index >= 15 is 0 Å². The predicted molar refractivity (Wildman–Crippen MR) is 94.0 cm³/mol. The number of unbranched alkanes of at least 4 members (excludes halogenated alkanes) is 2. The third-order valence-corrected chi connectivity index (χ3v) is 4.59. The Balaban J connectivity index is 1.34. The second-order valence-electron chi connectivity index (χ2n) is 5.60. The molecule has 0 aliphatic rings. The van der Waals surface area contributed by atoms with Crippen LogP contribution in [0, 0.1) is 6.92 Å². The van der Waals surface area contributed by atoms with Crippen LogP contribution in [0.3, 0.4) is 0 Å². The average Bonchev–Trinajstić information content (AvgIpc) is 3.23. The van der Waals surface area contributed by atoms with Crippen molar-refractivity contribution in [1.82, 2.24) is 5.16 Å². The largest absolute Gasteiger partial charge is 0.494 e. The number of rotatable bonds is 8. The van der Waals surface area contributed by atoms with E-state index < -0.39 is 0 Å². The van der Waals surface area contributed by atoms with Gasteiger partial charge in [-0.05, 0) is 67.5 Å². The smallest absolute Gasteiger partial charge is 0.136 e. The van der Waals surface area contributed by atoms with Crippen LogP contribution in [0.1, 0.15) is 30.7 Å². The van der Waals surface area contributed by atoms with Gasteiger partial charge in [0.1, 0.15) is 11.5 Å². The van der Waals surface area contributed by atoms with Crippen LogP contribution in [0.2, 0.25) is 0 Å². The number of hydrogen-bond acceptors (Lipinski definition) is 4. The summed E-state index contributed by atoms with van der Waals surface area (Å²) < 4.78 is 11.0. The molecule has 23 heavy (non-hydrogen) atoms. The first kappa shape index (κ1) is 15.8. The Kier molecular flexibility index (Phi) is 5.48. The number of aromatic nitrogens is 1. The molecular formula is C19H21NO2S. The summed E-state index contributed by atoms with van der Waals surface area (Å²) in [6.45, 7) is 2.71. The zero-order valence-corrected chi connectivity index (χ0v) is 14.1. The maximum absolute atomic E-state index is 5.80. The van der Waals surface area contributed by atoms with Gasteiger partial charge in [0, 0.05) is 17.4 Å². The summed E-state index contributed by atoms with van der Waals surface area (Å²) in [5, 5.41) is 5.99. The lowest BCUT2D eigenvalue weighted by Crippen LogP contribution is -1.97. The maximum atomic E-state index is 5.80. The molecule has 3 rings (SSSR count). The fourth-order valence-corrected chi connectivity index (χ4v) is 3.19. The highest BCUT2D eigenvalue weighted by molar-refractivity contribution is 7.13. The number of benzene rings is 1. The van der Waals surface area contributed by atoms with Gasteiger partial charge in [0.25, 0.3) is 0 Å². The number of aryl methyl sites for hydroxylation is 2. The minimum Gasteiger partial charge on any atom is -0.494 e. The van der Waals surface area contributed by atoms with Gasteiger partial charge in [-0.3, -0.25) is 0 Å². The lowest BCUT2D eigenvalue weighted by atomic mass is 10.1. The molecule has 0 atom stereocenters. The molecule has 2 heterocycles. The summed E-state index contributed by atoms with van der Waals surface area (Å²) in [6, 6.07) is 14.5. The molecule has 0 radical (unpaired) electrons. The molecule has 0 fully saturated rings. The van der Waals surface area contributed by atoms with Crippen LogP contribution in [-0.4, -0.2) is 11.8 Å². The first-order valence-electron chi connectivity index (χ1n) is 8.00. The Hall–Kier alpha value is -2.07. The van der Waals surface area contributed by atoms with Crippen LogP contribution in [0.5, 0.6) is 5.75 Å². The molecule has 3 aromatic rings. The first-order chi connectivity index (χ1) is 11.3. The first-order valence-corrected chi connectivity index (χ1v) is 8.88. The molecule has 3 nitrogen and oxygen atoms in total. The van der Waals surface area contributed by atoms with Crippen LogP contribution >= 0.6 is 11.3 Å². The molecule has 2 aromatic heterocycles. The van der Waals surface area contributed by atoms with Crippen molar-refractivity contribution in [2.75, 3.05) is 6.61 Å². The molecule has 1 aromatic carbocycles. The molecule has 0 aliphatic carbocycles. The van der Waals surface area contributed by atoms with Gasteiger partial charge in [-0.15, -0.1) is 11.3 Å². The highest BCUT2D eigenvalue weighted by Gasteiger charge is 2.01. The van der Waals surface area contributed by atoms with Gasteiger partial charge in [0.05, 0.1) is 12.3 Å². The van der Waals surface area contributed by atoms with Gasteiger partial charge in [0.2, 0.25) is 0 Å². The molecule has 0 N–H and O–H groups in total. The Morgan fingerprint density at radius 3 is 2.65 bits per heavy atom. The van der Waals surface area contributed by atoms with Crippen molar-refractivity contribution in [3.8, 4) is 16.2 Å². The Morgan fingerprint density at radius 2 is 1.96 bits per heavy atom. The van der Waals surface area contributed by atoms with Gasteiger partial charge in [-0.25, -0.2) is 0 Å². The van der Waals surface area contributed by atoms with Crippen molar-refractivity contribution in [2.24, 2.45) is 0 Å². The van der Waals surface area contributed by atoms with Crippen LogP contribution in [-0.2, 0) is 6.42 Å². The van der Waals surface area contributed by atoms with Gasteiger partial charge in [0.15, 0.2) is 0 Å². The van der Waals surface area contributed by atoms with E-state index in [4.69, 9.17) is 9.26 Å². The summed E-state index contributed by atoms with van der Waals surface area (Å²) in [4.78, 5) is 1.29. The molecule has 0 amide bonds. The Bertz CT molecular complexity index is 701. The van der Waals surface area contributed by atoms with Crippen LogP contribution in [0.25, 0.3) is 10.4 Å². The second kappa shape index (κ2) is 7.97. The fraction of sp³-hybridized carbons (Fsp3) is 0.316. The standard InChI is InChI=1S/C19H21NO2S/c1-15-14-18(22-20-15)6-3-2-4-12-21-17-10-8-16(9-11-17)19-7-5-13-23-19/h5,7-11,13-14H,2-4,6,12H2,1H3. The molecule has 120 valence electrons. The van der Waals surface area contributed by atoms with E-state index in [0.29, 0.717) is 0 Å². The number of nitrogens with zero attached hydrogens (tertiary/aromatic N) is 1. The summed E-state index contributed by atoms with van der Waals surface area (Å²) in [5.74, 6) is 1.92. The van der Waals surface area contributed by atoms with E-state index in [2.05, 4.69) is 34.8 Å². The van der Waals surface area contributed by atoms with Crippen molar-refractivity contribution in [2.45, 2.75) is 32.6 Å². The van der Waals surface area contributed by atoms with Crippen molar-refractivity contribution in [1.29, 1.82) is 0 Å². The van der Waals surface area contributed by atoms with E-state index in [9.17, 15) is 0 Å². The molecule has 0 spiro atoms. The normalized spacial score (nSPS) is 10.8. The average molecular weight is 327 g/mol. The SMILES string of the molecule is Cc1cc(CCCCCOc2ccc(-c3cccs3)cc2)on1. The Labute approximate surface area is 140 Å². The summed E-state index contributed by atoms with van der Waals surface area (Å²) in [5.41, 5.74) is 2.20. The number of ether oxygens (including phenoxy) is 1. The van der Waals surface area contributed by atoms with E-state index in [1.807, 2.05) is 25.1 Å². The molecule has 0 bridgehead atoms. The van der Waals surface area contributed by atoms with Crippen LogP contribution in [0.15, 0.2) is 52.4 Å². The molecular weight excluding hydrogens is 306 g/mol. The summed E-state index contributed by atoms with van der Waals surface area (Å²) in [7, 11) is 0. The minimum atomic E-state index is 0.758. The zero-order chi connectivity index (χ0) is 15.9. The van der Waals surface area contributed by atoms with Gasteiger partial charge >= 0.3 is 0 Å². The third kappa shape index (κ3) is 4.70. The van der Waals surface area contributed by atoms with Crippen molar-refractivity contribution < 1.29 is 9.26 Å². The lowest BCUT2D eigenvalue weighted by Gasteiger charge is -2.06. The van der Waals surface area contributed by atoms with Gasteiger partial charge in [-0.1, -0.05) is 11.2 Å². The van der Waals surface area contributed by atoms with E-state index in [-0.39, 0.29) is 0 Å². The predicted octanol–water partition coefficient (Wildman–Crippen LogP) is 5.50. The van der Waals surface area contributed by atoms with Crippen molar-refractivity contribution in [3.63, 3.8) is 0 Å². The second-order valence-corrected chi connectivity index (χ2v) is 6.54. The van der Waals surface area contributed by atoms with Crippen LogP contribution in [0.4, 0.5) is 0 Å². The van der Waals surface area contributed by atoms with Crippen molar-refractivity contribution >= 4 is 11.3 Å². The highest BCUT2D eigenvalue weighted by Crippen LogP contribution is 2.26. The fourth-order valence-electron chi connectivity index (χ4n) is 2.46. The number of hydrogen-bond donors (Lipinski definition) is 0. The third-order valence-electron chi connectivity index (χ3n) is 3.67. The highest BCUT2D eigenvalue weighted by atomic mass is 32.1. The quantitative estimate of drug-likeness (QED) is 0.512. The molecule has 4 heteroatoms. The topological polar surface area (TPSA) is 35.3 Å². The van der Waals surface area contributed by atoms with E-state index in [1.165, 1.54) is 10.4 Å². The minimum absolute atomic E-state index is 0.758. The summed E-state index contributed by atoms with van der Waals surface area (Å²) in [6.07, 6.45) is 4.25. The molecule has 0 unspecified atom stereocenters. The monoisotopic (exact) mass is 327 g/mol. The summed E-state index contributed by atoms with van der Waals surface area (Å²) >= 11 is 1.76.